The van der Waals surface area contributed by atoms with Gasteiger partial charge in [0.2, 0.25) is 10.0 Å². The van der Waals surface area contributed by atoms with Crippen molar-refractivity contribution in [2.24, 2.45) is 0 Å². The average molecular weight is 268 g/mol. The third kappa shape index (κ3) is 3.80. The van der Waals surface area contributed by atoms with Crippen molar-refractivity contribution in [1.29, 1.82) is 0 Å². The van der Waals surface area contributed by atoms with Crippen LogP contribution in [0.2, 0.25) is 0 Å². The highest BCUT2D eigenvalue weighted by atomic mass is 32.2. The minimum Gasteiger partial charge on any atom is -0.305 e. The highest BCUT2D eigenvalue weighted by Crippen LogP contribution is 2.11. The van der Waals surface area contributed by atoms with Crippen LogP contribution in [0.15, 0.2) is 24.3 Å². The fraction of sp³-hybridized carbons (Fsp3) is 0.538. The molecule has 1 aromatic carbocycles. The van der Waals surface area contributed by atoms with Gasteiger partial charge in [0.1, 0.15) is 0 Å². The van der Waals surface area contributed by atoms with Crippen molar-refractivity contribution in [3.63, 3.8) is 0 Å². The van der Waals surface area contributed by atoms with Gasteiger partial charge in [0.25, 0.3) is 0 Å². The van der Waals surface area contributed by atoms with Crippen LogP contribution in [0, 0.1) is 6.92 Å². The molecule has 1 heterocycles. The van der Waals surface area contributed by atoms with E-state index in [-0.39, 0.29) is 11.8 Å². The maximum absolute atomic E-state index is 12.0. The monoisotopic (exact) mass is 268 g/mol. The maximum atomic E-state index is 12.0. The number of nitrogens with zero attached hydrogens (tertiary/aromatic N) is 1. The lowest BCUT2D eigenvalue weighted by Gasteiger charge is -2.13. The number of likely N-dealkylation sites (N-methyl/N-ethyl adjacent to an activating group) is 1. The van der Waals surface area contributed by atoms with Crippen molar-refractivity contribution in [3.8, 4) is 0 Å². The molecule has 0 spiro atoms. The molecule has 100 valence electrons. The number of likely N-dealkylation sites (tertiary alicyclic amines) is 1. The molecule has 2 rings (SSSR count). The van der Waals surface area contributed by atoms with Gasteiger partial charge in [-0.15, -0.1) is 0 Å². The Balaban J connectivity index is 1.97. The predicted molar refractivity (Wildman–Crippen MR) is 72.8 cm³/mol. The van der Waals surface area contributed by atoms with Crippen LogP contribution in [0.3, 0.4) is 0 Å². The Labute approximate surface area is 109 Å². The van der Waals surface area contributed by atoms with Gasteiger partial charge in [-0.05, 0) is 32.5 Å². The topological polar surface area (TPSA) is 49.4 Å². The van der Waals surface area contributed by atoms with Gasteiger partial charge in [0.15, 0.2) is 0 Å². The highest BCUT2D eigenvalue weighted by Gasteiger charge is 2.24. The molecule has 4 nitrogen and oxygen atoms in total. The van der Waals surface area contributed by atoms with Gasteiger partial charge in [-0.2, -0.15) is 0 Å². The normalized spacial score (nSPS) is 21.3. The van der Waals surface area contributed by atoms with Crippen molar-refractivity contribution in [1.82, 2.24) is 9.62 Å². The number of benzene rings is 1. The molecule has 0 aromatic heterocycles. The Bertz CT molecular complexity index is 496. The maximum Gasteiger partial charge on any atom is 0.216 e. The van der Waals surface area contributed by atoms with Crippen LogP contribution < -0.4 is 4.72 Å². The molecule has 1 fully saturated rings. The first-order chi connectivity index (χ1) is 8.44. The average Bonchev–Trinajstić information content (AvgIpc) is 2.66. The van der Waals surface area contributed by atoms with Gasteiger partial charge in [-0.25, -0.2) is 13.1 Å². The van der Waals surface area contributed by atoms with E-state index in [0.29, 0.717) is 0 Å². The summed E-state index contributed by atoms with van der Waals surface area (Å²) in [4.78, 5) is 2.14. The summed E-state index contributed by atoms with van der Waals surface area (Å²) in [6.07, 6.45) is 0.892. The fourth-order valence-electron chi connectivity index (χ4n) is 2.23. The molecule has 0 bridgehead atoms. The summed E-state index contributed by atoms with van der Waals surface area (Å²) < 4.78 is 26.8. The predicted octanol–water partition coefficient (Wildman–Crippen LogP) is 1.12. The van der Waals surface area contributed by atoms with Gasteiger partial charge in [-0.3, -0.25) is 0 Å². The molecule has 1 unspecified atom stereocenters. The third-order valence-electron chi connectivity index (χ3n) is 3.21. The van der Waals surface area contributed by atoms with E-state index >= 15 is 0 Å². The molecule has 1 aliphatic rings. The Morgan fingerprint density at radius 1 is 1.33 bits per heavy atom. The van der Waals surface area contributed by atoms with Gasteiger partial charge < -0.3 is 4.90 Å². The molecular formula is C13H20N2O2S. The largest absolute Gasteiger partial charge is 0.305 e. The summed E-state index contributed by atoms with van der Waals surface area (Å²) in [5.41, 5.74) is 1.97. The van der Waals surface area contributed by atoms with Crippen LogP contribution >= 0.6 is 0 Å². The zero-order chi connectivity index (χ0) is 13.2. The van der Waals surface area contributed by atoms with Crippen LogP contribution in [-0.2, 0) is 15.8 Å². The quantitative estimate of drug-likeness (QED) is 0.890. The van der Waals surface area contributed by atoms with Crippen LogP contribution in [0.1, 0.15) is 17.5 Å². The molecule has 0 radical (unpaired) electrons. The van der Waals surface area contributed by atoms with Crippen molar-refractivity contribution >= 4 is 10.0 Å². The second-order valence-corrected chi connectivity index (χ2v) is 6.86. The first-order valence-electron chi connectivity index (χ1n) is 6.19. The van der Waals surface area contributed by atoms with E-state index in [4.69, 9.17) is 0 Å². The molecule has 1 N–H and O–H groups in total. The number of rotatable bonds is 4. The zero-order valence-electron chi connectivity index (χ0n) is 10.9. The standard InChI is InChI=1S/C13H20N2O2S/c1-11-3-5-12(6-4-11)10-18(16,17)14-13-7-8-15(2)9-13/h3-6,13-14H,7-10H2,1-2H3. The van der Waals surface area contributed by atoms with E-state index in [1.165, 1.54) is 0 Å². The van der Waals surface area contributed by atoms with E-state index in [1.54, 1.807) is 0 Å². The summed E-state index contributed by atoms with van der Waals surface area (Å²) in [6, 6.07) is 7.68. The Morgan fingerprint density at radius 3 is 2.56 bits per heavy atom. The van der Waals surface area contributed by atoms with Crippen LogP contribution in [0.25, 0.3) is 0 Å². The summed E-state index contributed by atoms with van der Waals surface area (Å²) >= 11 is 0. The van der Waals surface area contributed by atoms with Gasteiger partial charge >= 0.3 is 0 Å². The van der Waals surface area contributed by atoms with E-state index in [2.05, 4.69) is 9.62 Å². The number of sulfonamides is 1. The summed E-state index contributed by atoms with van der Waals surface area (Å²) in [5.74, 6) is 0.0630. The second-order valence-electron chi connectivity index (χ2n) is 5.11. The Morgan fingerprint density at radius 2 is 2.00 bits per heavy atom. The minimum absolute atomic E-state index is 0.0606. The number of aryl methyl sites for hydroxylation is 1. The highest BCUT2D eigenvalue weighted by molar-refractivity contribution is 7.88. The molecule has 18 heavy (non-hydrogen) atoms. The van der Waals surface area contributed by atoms with Gasteiger partial charge in [0, 0.05) is 12.6 Å². The van der Waals surface area contributed by atoms with Crippen LogP contribution in [-0.4, -0.2) is 39.5 Å². The number of nitrogens with one attached hydrogen (secondary N) is 1. The first-order valence-corrected chi connectivity index (χ1v) is 7.84. The zero-order valence-corrected chi connectivity index (χ0v) is 11.7. The minimum atomic E-state index is -3.23. The van der Waals surface area contributed by atoms with Crippen molar-refractivity contribution in [3.05, 3.63) is 35.4 Å². The smallest absolute Gasteiger partial charge is 0.216 e. The van der Waals surface area contributed by atoms with E-state index in [9.17, 15) is 8.42 Å². The number of hydrogen-bond donors (Lipinski definition) is 1. The Hall–Kier alpha value is -0.910. The fourth-order valence-corrected chi connectivity index (χ4v) is 3.65. The van der Waals surface area contributed by atoms with Gasteiger partial charge in [-0.1, -0.05) is 29.8 Å². The summed E-state index contributed by atoms with van der Waals surface area (Å²) in [7, 11) is -1.22. The van der Waals surface area contributed by atoms with Crippen LogP contribution in [0.4, 0.5) is 0 Å². The molecule has 1 aromatic rings. The third-order valence-corrected chi connectivity index (χ3v) is 4.62. The Kier molecular flexibility index (Phi) is 4.04. The van der Waals surface area contributed by atoms with E-state index in [0.717, 1.165) is 30.6 Å². The second kappa shape index (κ2) is 5.38. The van der Waals surface area contributed by atoms with E-state index in [1.807, 2.05) is 38.2 Å². The lowest BCUT2D eigenvalue weighted by Crippen LogP contribution is -2.37. The van der Waals surface area contributed by atoms with Crippen molar-refractivity contribution in [2.45, 2.75) is 25.1 Å². The van der Waals surface area contributed by atoms with Crippen molar-refractivity contribution < 1.29 is 8.42 Å². The van der Waals surface area contributed by atoms with E-state index < -0.39 is 10.0 Å². The summed E-state index contributed by atoms with van der Waals surface area (Å²) in [5, 5.41) is 0. The van der Waals surface area contributed by atoms with Gasteiger partial charge in [0.05, 0.1) is 5.75 Å². The molecule has 1 saturated heterocycles. The lowest BCUT2D eigenvalue weighted by atomic mass is 10.2. The first kappa shape index (κ1) is 13.5. The molecule has 0 amide bonds. The van der Waals surface area contributed by atoms with Crippen molar-refractivity contribution in [2.75, 3.05) is 20.1 Å². The molecule has 1 aliphatic heterocycles. The lowest BCUT2D eigenvalue weighted by molar-refractivity contribution is 0.407. The molecule has 1 atom stereocenters. The SMILES string of the molecule is Cc1ccc(CS(=O)(=O)NC2CCN(C)C2)cc1. The van der Waals surface area contributed by atoms with Crippen LogP contribution in [0.5, 0.6) is 0 Å². The number of hydrogen-bond acceptors (Lipinski definition) is 3. The molecule has 5 heteroatoms. The summed E-state index contributed by atoms with van der Waals surface area (Å²) in [6.45, 7) is 3.75. The molecule has 0 saturated carbocycles. The molecule has 0 aliphatic carbocycles. The molecular weight excluding hydrogens is 248 g/mol.